The second-order valence-corrected chi connectivity index (χ2v) is 24.4. The maximum atomic E-state index is 13.0. The smallest absolute Gasteiger partial charge is 0.462 e. The van der Waals surface area contributed by atoms with Gasteiger partial charge in [0, 0.05) is 19.3 Å². The molecular formula is C70H127O11P. The van der Waals surface area contributed by atoms with Crippen LogP contribution >= 0.6 is 7.82 Å². The SMILES string of the molecule is CC/C=C\C/C=C\C/C=C\C/C=C\CCCCCCC(=O)OCC(COP(=O)(O)OCC(CO)OC(=O)CCCCCCCCCCCCCCCCCCCCC)OC(=O)CCCCCCCCCCC/C=C\CCCCCCCC. The van der Waals surface area contributed by atoms with Crippen molar-refractivity contribution in [2.24, 2.45) is 0 Å². The van der Waals surface area contributed by atoms with E-state index >= 15 is 0 Å². The Morgan fingerprint density at radius 3 is 0.988 bits per heavy atom. The van der Waals surface area contributed by atoms with Crippen LogP contribution in [0.5, 0.6) is 0 Å². The van der Waals surface area contributed by atoms with Gasteiger partial charge in [0.05, 0.1) is 19.8 Å². The molecule has 0 aromatic rings. The highest BCUT2D eigenvalue weighted by Gasteiger charge is 2.28. The maximum absolute atomic E-state index is 13.0. The van der Waals surface area contributed by atoms with Crippen molar-refractivity contribution in [3.05, 3.63) is 60.8 Å². The molecule has 0 fully saturated rings. The van der Waals surface area contributed by atoms with Crippen molar-refractivity contribution >= 4 is 25.7 Å². The van der Waals surface area contributed by atoms with Gasteiger partial charge in [-0.15, -0.1) is 0 Å². The molecule has 478 valence electrons. The average Bonchev–Trinajstić information content (AvgIpc) is 3.47. The van der Waals surface area contributed by atoms with E-state index in [9.17, 15) is 28.9 Å². The number of ether oxygens (including phenoxy) is 3. The summed E-state index contributed by atoms with van der Waals surface area (Å²) in [5.74, 6) is -1.47. The van der Waals surface area contributed by atoms with Crippen LogP contribution < -0.4 is 0 Å². The van der Waals surface area contributed by atoms with Crippen molar-refractivity contribution in [3.63, 3.8) is 0 Å². The number of hydrogen-bond acceptors (Lipinski definition) is 10. The zero-order chi connectivity index (χ0) is 59.8. The number of carbonyl (C=O) groups excluding carboxylic acids is 3. The van der Waals surface area contributed by atoms with Crippen LogP contribution in [0.2, 0.25) is 0 Å². The second-order valence-electron chi connectivity index (χ2n) is 23.0. The van der Waals surface area contributed by atoms with E-state index < -0.39 is 57.8 Å². The summed E-state index contributed by atoms with van der Waals surface area (Å²) in [6.07, 6.45) is 73.1. The van der Waals surface area contributed by atoms with Gasteiger partial charge in [0.25, 0.3) is 0 Å². The third-order valence-electron chi connectivity index (χ3n) is 14.9. The minimum absolute atomic E-state index is 0.161. The van der Waals surface area contributed by atoms with E-state index in [1.54, 1.807) is 0 Å². The lowest BCUT2D eigenvalue weighted by Crippen LogP contribution is -2.30. The monoisotopic (exact) mass is 1170 g/mol. The van der Waals surface area contributed by atoms with Gasteiger partial charge in [-0.2, -0.15) is 0 Å². The van der Waals surface area contributed by atoms with E-state index in [2.05, 4.69) is 81.5 Å². The van der Waals surface area contributed by atoms with Crippen molar-refractivity contribution in [2.75, 3.05) is 26.4 Å². The molecule has 12 heteroatoms. The topological polar surface area (TPSA) is 155 Å². The van der Waals surface area contributed by atoms with Crippen LogP contribution in [0, 0.1) is 0 Å². The Morgan fingerprint density at radius 1 is 0.354 bits per heavy atom. The summed E-state index contributed by atoms with van der Waals surface area (Å²) in [5.41, 5.74) is 0. The molecule has 2 N–H and O–H groups in total. The molecule has 0 aliphatic rings. The van der Waals surface area contributed by atoms with Gasteiger partial charge in [-0.25, -0.2) is 4.57 Å². The summed E-state index contributed by atoms with van der Waals surface area (Å²) in [6, 6.07) is 0. The Bertz CT molecular complexity index is 1610. The number of phosphoric ester groups is 1. The standard InChI is InChI=1S/C70H127O11P/c1-4-7-10-13-16-19-22-25-28-31-33-36-39-42-45-48-51-54-57-60-69(73)80-66(62-71)64-78-82(75,76)79-65-67(63-77-68(72)59-56-53-50-47-44-41-38-35-30-27-24-21-18-15-12-9-6-3)81-70(74)61-58-55-52-49-46-43-40-37-34-32-29-26-23-20-17-14-11-8-5-2/h9,12,18,21,26-27,29-30,38,41,66-67,71H,4-8,10-11,13-17,19-20,22-25,28,31-37,39-40,42-65H2,1-3H3,(H,75,76)/b12-9-,21-18-,29-26-,30-27-,41-38-. The molecule has 11 nitrogen and oxygen atoms in total. The minimum atomic E-state index is -4.76. The number of aliphatic hydroxyl groups excluding tert-OH is 1. The lowest BCUT2D eigenvalue weighted by atomic mass is 10.0. The highest BCUT2D eigenvalue weighted by Crippen LogP contribution is 2.43. The highest BCUT2D eigenvalue weighted by atomic mass is 31.2. The molecule has 82 heavy (non-hydrogen) atoms. The lowest BCUT2D eigenvalue weighted by Gasteiger charge is -2.21. The molecule has 0 saturated carbocycles. The van der Waals surface area contributed by atoms with Gasteiger partial charge in [-0.3, -0.25) is 23.4 Å². The van der Waals surface area contributed by atoms with Gasteiger partial charge in [0.15, 0.2) is 6.10 Å². The summed E-state index contributed by atoms with van der Waals surface area (Å²) in [6.45, 7) is 4.57. The molecule has 0 aliphatic heterocycles. The van der Waals surface area contributed by atoms with Crippen LogP contribution in [-0.4, -0.2) is 66.5 Å². The molecule has 0 amide bonds. The molecule has 3 atom stereocenters. The van der Waals surface area contributed by atoms with E-state index in [1.807, 2.05) is 0 Å². The first-order valence-corrected chi connectivity index (χ1v) is 35.7. The Hall–Kier alpha value is -2.82. The van der Waals surface area contributed by atoms with Crippen LogP contribution in [-0.2, 0) is 42.2 Å². The fourth-order valence-corrected chi connectivity index (χ4v) is 10.5. The predicted octanol–water partition coefficient (Wildman–Crippen LogP) is 21.0. The summed E-state index contributed by atoms with van der Waals surface area (Å²) in [5, 5.41) is 9.88. The number of unbranched alkanes of at least 4 members (excludes halogenated alkanes) is 37. The van der Waals surface area contributed by atoms with Gasteiger partial charge in [-0.05, 0) is 83.5 Å². The van der Waals surface area contributed by atoms with Crippen LogP contribution in [0.15, 0.2) is 60.8 Å². The Kier molecular flexibility index (Phi) is 62.0. The molecule has 0 aromatic carbocycles. The number of allylic oxidation sites excluding steroid dienone is 10. The van der Waals surface area contributed by atoms with E-state index in [0.29, 0.717) is 19.3 Å². The van der Waals surface area contributed by atoms with E-state index in [4.69, 9.17) is 23.3 Å². The van der Waals surface area contributed by atoms with Crippen LogP contribution in [0.25, 0.3) is 0 Å². The molecule has 0 bridgehead atoms. The number of aliphatic hydroxyl groups is 1. The summed E-state index contributed by atoms with van der Waals surface area (Å²) in [4.78, 5) is 48.9. The summed E-state index contributed by atoms with van der Waals surface area (Å²) >= 11 is 0. The molecule has 0 radical (unpaired) electrons. The number of rotatable bonds is 64. The third-order valence-corrected chi connectivity index (χ3v) is 15.9. The van der Waals surface area contributed by atoms with Crippen LogP contribution in [0.4, 0.5) is 0 Å². The molecule has 0 spiro atoms. The largest absolute Gasteiger partial charge is 0.472 e. The van der Waals surface area contributed by atoms with Gasteiger partial charge in [0.2, 0.25) is 0 Å². The second kappa shape index (κ2) is 64.2. The average molecular weight is 1180 g/mol. The van der Waals surface area contributed by atoms with E-state index in [0.717, 1.165) is 89.9 Å². The zero-order valence-electron chi connectivity index (χ0n) is 53.2. The molecule has 0 aromatic heterocycles. The van der Waals surface area contributed by atoms with Crippen LogP contribution in [0.1, 0.15) is 329 Å². The number of phosphoric acid groups is 1. The number of esters is 3. The van der Waals surface area contributed by atoms with Crippen molar-refractivity contribution in [2.45, 2.75) is 341 Å². The third kappa shape index (κ3) is 61.7. The van der Waals surface area contributed by atoms with Gasteiger partial charge in [-0.1, -0.05) is 287 Å². The molecule has 0 aliphatic carbocycles. The van der Waals surface area contributed by atoms with Gasteiger partial charge in [0.1, 0.15) is 12.7 Å². The quantitative estimate of drug-likeness (QED) is 0.0197. The highest BCUT2D eigenvalue weighted by molar-refractivity contribution is 7.47. The van der Waals surface area contributed by atoms with Crippen molar-refractivity contribution < 1.29 is 52.2 Å². The molecule has 3 unspecified atom stereocenters. The summed E-state index contributed by atoms with van der Waals surface area (Å²) < 4.78 is 39.8. The van der Waals surface area contributed by atoms with E-state index in [1.165, 1.54) is 180 Å². The Balaban J connectivity index is 4.67. The van der Waals surface area contributed by atoms with Crippen molar-refractivity contribution in [3.8, 4) is 0 Å². The zero-order valence-corrected chi connectivity index (χ0v) is 54.1. The fourth-order valence-electron chi connectivity index (χ4n) is 9.76. The minimum Gasteiger partial charge on any atom is -0.462 e. The summed E-state index contributed by atoms with van der Waals surface area (Å²) in [7, 11) is -4.76. The Labute approximate surface area is 504 Å². The van der Waals surface area contributed by atoms with Gasteiger partial charge < -0.3 is 24.2 Å². The number of hydrogen-bond donors (Lipinski definition) is 2. The first-order chi connectivity index (χ1) is 40.2. The predicted molar refractivity (Wildman–Crippen MR) is 344 cm³/mol. The Morgan fingerprint density at radius 2 is 0.634 bits per heavy atom. The van der Waals surface area contributed by atoms with Gasteiger partial charge >= 0.3 is 25.7 Å². The fraction of sp³-hybridized carbons (Fsp3) is 0.814. The lowest BCUT2D eigenvalue weighted by molar-refractivity contribution is -0.161. The first kappa shape index (κ1) is 79.2. The number of carbonyl (C=O) groups is 3. The normalized spacial score (nSPS) is 13.6. The molecule has 0 heterocycles. The van der Waals surface area contributed by atoms with Crippen molar-refractivity contribution in [1.82, 2.24) is 0 Å². The first-order valence-electron chi connectivity index (χ1n) is 34.2. The molecule has 0 saturated heterocycles. The van der Waals surface area contributed by atoms with Crippen molar-refractivity contribution in [1.29, 1.82) is 0 Å². The molecule has 0 rings (SSSR count). The van der Waals surface area contributed by atoms with E-state index in [-0.39, 0.29) is 25.9 Å². The molecular weight excluding hydrogens is 1050 g/mol. The maximum Gasteiger partial charge on any atom is 0.472 e. The van der Waals surface area contributed by atoms with Crippen LogP contribution in [0.3, 0.4) is 0 Å².